The first-order valence-corrected chi connectivity index (χ1v) is 4.91. The molecule has 0 fully saturated rings. The summed E-state index contributed by atoms with van der Waals surface area (Å²) in [5, 5.41) is 0. The van der Waals surface area contributed by atoms with Crippen molar-refractivity contribution in [2.24, 2.45) is 5.41 Å². The zero-order valence-corrected chi connectivity index (χ0v) is 9.15. The molecule has 0 aromatic rings. The molecule has 0 saturated carbocycles. The number of hydrogen-bond acceptors (Lipinski definition) is 2. The van der Waals surface area contributed by atoms with Crippen LogP contribution in [0.4, 0.5) is 0 Å². The van der Waals surface area contributed by atoms with Crippen molar-refractivity contribution in [2.75, 3.05) is 19.1 Å². The van der Waals surface area contributed by atoms with E-state index in [1.165, 1.54) is 0 Å². The quantitative estimate of drug-likeness (QED) is 0.478. The lowest BCUT2D eigenvalue weighted by atomic mass is 9.95. The summed E-state index contributed by atoms with van der Waals surface area (Å²) in [4.78, 5) is 0. The summed E-state index contributed by atoms with van der Waals surface area (Å²) in [5.41, 5.74) is -0.117. The standard InChI is InChI=1S/C9H19ClO2/c1-5-11-8(12-6-2)9(3,4)7-10/h8H,5-7H2,1-4H3. The van der Waals surface area contributed by atoms with Crippen LogP contribution in [0.2, 0.25) is 0 Å². The predicted molar refractivity (Wildman–Crippen MR) is 51.5 cm³/mol. The molecule has 0 amide bonds. The maximum absolute atomic E-state index is 5.80. The highest BCUT2D eigenvalue weighted by Crippen LogP contribution is 2.25. The second-order valence-electron chi connectivity index (χ2n) is 3.36. The average Bonchev–Trinajstić information content (AvgIpc) is 2.04. The Morgan fingerprint density at radius 1 is 1.17 bits per heavy atom. The van der Waals surface area contributed by atoms with Crippen LogP contribution in [0, 0.1) is 5.41 Å². The summed E-state index contributed by atoms with van der Waals surface area (Å²) < 4.78 is 10.9. The Bertz CT molecular complexity index is 109. The van der Waals surface area contributed by atoms with E-state index in [1.807, 2.05) is 27.7 Å². The van der Waals surface area contributed by atoms with E-state index in [-0.39, 0.29) is 11.7 Å². The fourth-order valence-electron chi connectivity index (χ4n) is 0.865. The Morgan fingerprint density at radius 2 is 1.58 bits per heavy atom. The molecule has 3 heteroatoms. The van der Waals surface area contributed by atoms with E-state index in [1.54, 1.807) is 0 Å². The molecule has 0 aliphatic rings. The van der Waals surface area contributed by atoms with Crippen molar-refractivity contribution in [3.8, 4) is 0 Å². The van der Waals surface area contributed by atoms with Crippen LogP contribution < -0.4 is 0 Å². The maximum atomic E-state index is 5.80. The van der Waals surface area contributed by atoms with Gasteiger partial charge in [0.15, 0.2) is 6.29 Å². The van der Waals surface area contributed by atoms with E-state index in [2.05, 4.69) is 0 Å². The van der Waals surface area contributed by atoms with Crippen molar-refractivity contribution in [3.05, 3.63) is 0 Å². The molecule has 0 N–H and O–H groups in total. The Morgan fingerprint density at radius 3 is 1.83 bits per heavy atom. The van der Waals surface area contributed by atoms with Crippen LogP contribution in [0.1, 0.15) is 27.7 Å². The topological polar surface area (TPSA) is 18.5 Å². The van der Waals surface area contributed by atoms with E-state index in [9.17, 15) is 0 Å². The molecule has 0 atom stereocenters. The Kier molecular flexibility index (Phi) is 5.89. The zero-order valence-electron chi connectivity index (χ0n) is 8.39. The molecule has 0 aliphatic carbocycles. The van der Waals surface area contributed by atoms with Gasteiger partial charge in [-0.1, -0.05) is 13.8 Å². The number of ether oxygens (including phenoxy) is 2. The van der Waals surface area contributed by atoms with Gasteiger partial charge in [0.2, 0.25) is 0 Å². The fourth-order valence-corrected chi connectivity index (χ4v) is 0.991. The first-order chi connectivity index (χ1) is 5.58. The Balaban J connectivity index is 4.07. The van der Waals surface area contributed by atoms with Gasteiger partial charge >= 0.3 is 0 Å². The van der Waals surface area contributed by atoms with Gasteiger partial charge in [0.05, 0.1) is 0 Å². The van der Waals surface area contributed by atoms with Gasteiger partial charge in [-0.2, -0.15) is 0 Å². The lowest BCUT2D eigenvalue weighted by molar-refractivity contribution is -0.188. The second kappa shape index (κ2) is 5.79. The third-order valence-corrected chi connectivity index (χ3v) is 2.31. The van der Waals surface area contributed by atoms with Crippen LogP contribution >= 0.6 is 11.6 Å². The third-order valence-electron chi connectivity index (χ3n) is 1.62. The van der Waals surface area contributed by atoms with E-state index in [0.29, 0.717) is 19.1 Å². The molecule has 0 aromatic heterocycles. The molecule has 74 valence electrons. The normalized spacial score (nSPS) is 12.5. The first kappa shape index (κ1) is 12.2. The van der Waals surface area contributed by atoms with E-state index >= 15 is 0 Å². The summed E-state index contributed by atoms with van der Waals surface area (Å²) in [5.74, 6) is 0.539. The van der Waals surface area contributed by atoms with Crippen molar-refractivity contribution < 1.29 is 9.47 Å². The predicted octanol–water partition coefficient (Wildman–Crippen LogP) is 2.65. The van der Waals surface area contributed by atoms with Crippen molar-refractivity contribution in [1.29, 1.82) is 0 Å². The Hall–Kier alpha value is 0.210. The van der Waals surface area contributed by atoms with Gasteiger partial charge in [0.25, 0.3) is 0 Å². The molecule has 0 spiro atoms. The van der Waals surface area contributed by atoms with E-state index in [0.717, 1.165) is 0 Å². The van der Waals surface area contributed by atoms with Crippen LogP contribution in [-0.4, -0.2) is 25.4 Å². The second-order valence-corrected chi connectivity index (χ2v) is 3.63. The van der Waals surface area contributed by atoms with Gasteiger partial charge < -0.3 is 9.47 Å². The molecule has 0 bridgehead atoms. The minimum absolute atomic E-state index is 0.117. The summed E-state index contributed by atoms with van der Waals surface area (Å²) in [7, 11) is 0. The Labute approximate surface area is 80.2 Å². The molecule has 0 rings (SSSR count). The summed E-state index contributed by atoms with van der Waals surface area (Å²) >= 11 is 5.80. The van der Waals surface area contributed by atoms with Crippen LogP contribution in [0.3, 0.4) is 0 Å². The van der Waals surface area contributed by atoms with Crippen LogP contribution in [0.25, 0.3) is 0 Å². The largest absolute Gasteiger partial charge is 0.352 e. The molecule has 0 aromatic carbocycles. The van der Waals surface area contributed by atoms with Crippen molar-refractivity contribution in [3.63, 3.8) is 0 Å². The highest BCUT2D eigenvalue weighted by Gasteiger charge is 2.29. The number of rotatable bonds is 6. The maximum Gasteiger partial charge on any atom is 0.163 e. The molecule has 0 unspecified atom stereocenters. The summed E-state index contributed by atoms with van der Waals surface area (Å²) in [6.45, 7) is 9.30. The highest BCUT2D eigenvalue weighted by molar-refractivity contribution is 6.18. The first-order valence-electron chi connectivity index (χ1n) is 4.37. The lowest BCUT2D eigenvalue weighted by Gasteiger charge is -2.31. The van der Waals surface area contributed by atoms with Gasteiger partial charge in [-0.05, 0) is 13.8 Å². The van der Waals surface area contributed by atoms with Crippen molar-refractivity contribution in [1.82, 2.24) is 0 Å². The van der Waals surface area contributed by atoms with Gasteiger partial charge in [-0.3, -0.25) is 0 Å². The molecule has 2 nitrogen and oxygen atoms in total. The number of alkyl halides is 1. The van der Waals surface area contributed by atoms with Crippen molar-refractivity contribution >= 4 is 11.6 Å². The molecular weight excluding hydrogens is 176 g/mol. The number of hydrogen-bond donors (Lipinski definition) is 0. The van der Waals surface area contributed by atoms with E-state index in [4.69, 9.17) is 21.1 Å². The summed E-state index contributed by atoms with van der Waals surface area (Å²) in [6, 6.07) is 0. The van der Waals surface area contributed by atoms with Crippen molar-refractivity contribution in [2.45, 2.75) is 34.0 Å². The van der Waals surface area contributed by atoms with Gasteiger partial charge in [-0.25, -0.2) is 0 Å². The van der Waals surface area contributed by atoms with Crippen LogP contribution in [-0.2, 0) is 9.47 Å². The molecular formula is C9H19ClO2. The van der Waals surface area contributed by atoms with Gasteiger partial charge in [0, 0.05) is 24.5 Å². The molecule has 0 aliphatic heterocycles. The van der Waals surface area contributed by atoms with E-state index < -0.39 is 0 Å². The highest BCUT2D eigenvalue weighted by atomic mass is 35.5. The SMILES string of the molecule is CCOC(OCC)C(C)(C)CCl. The smallest absolute Gasteiger partial charge is 0.163 e. The molecule has 12 heavy (non-hydrogen) atoms. The van der Waals surface area contributed by atoms with Gasteiger partial charge in [0.1, 0.15) is 0 Å². The molecule has 0 heterocycles. The van der Waals surface area contributed by atoms with Crippen LogP contribution in [0.5, 0.6) is 0 Å². The minimum Gasteiger partial charge on any atom is -0.352 e. The summed E-state index contributed by atoms with van der Waals surface area (Å²) in [6.07, 6.45) is -0.190. The zero-order chi connectivity index (χ0) is 9.61. The average molecular weight is 195 g/mol. The number of halogens is 1. The lowest BCUT2D eigenvalue weighted by Crippen LogP contribution is -2.36. The molecule has 0 radical (unpaired) electrons. The monoisotopic (exact) mass is 194 g/mol. The van der Waals surface area contributed by atoms with Crippen LogP contribution in [0.15, 0.2) is 0 Å². The van der Waals surface area contributed by atoms with Gasteiger partial charge in [-0.15, -0.1) is 11.6 Å². The third kappa shape index (κ3) is 3.74. The molecule has 0 saturated heterocycles. The minimum atomic E-state index is -0.190. The fraction of sp³-hybridized carbons (Fsp3) is 1.00.